The van der Waals surface area contributed by atoms with E-state index in [9.17, 15) is 9.90 Å². The zero-order chi connectivity index (χ0) is 23.0. The summed E-state index contributed by atoms with van der Waals surface area (Å²) >= 11 is 0. The molecule has 5 nitrogen and oxygen atoms in total. The summed E-state index contributed by atoms with van der Waals surface area (Å²) in [6, 6.07) is 10.9. The molecule has 2 aromatic carbocycles. The number of hydrogen-bond acceptors (Lipinski definition) is 4. The highest BCUT2D eigenvalue weighted by Gasteiger charge is 2.28. The van der Waals surface area contributed by atoms with Crippen LogP contribution in [0.5, 0.6) is 5.75 Å². The van der Waals surface area contributed by atoms with Crippen molar-refractivity contribution < 1.29 is 14.6 Å². The fraction of sp³-hybridized carbons (Fsp3) is 0.222. The number of benzene rings is 2. The summed E-state index contributed by atoms with van der Waals surface area (Å²) in [4.78, 5) is 11.7. The third-order valence-corrected chi connectivity index (χ3v) is 5.90. The van der Waals surface area contributed by atoms with Crippen molar-refractivity contribution in [1.82, 2.24) is 5.32 Å². The molecular weight excluding hydrogens is 400 g/mol. The first kappa shape index (κ1) is 21.5. The van der Waals surface area contributed by atoms with E-state index in [1.54, 1.807) is 18.2 Å². The average molecular weight is 429 g/mol. The van der Waals surface area contributed by atoms with Gasteiger partial charge in [0.05, 0.1) is 11.6 Å². The van der Waals surface area contributed by atoms with Crippen molar-refractivity contribution in [3.05, 3.63) is 100.0 Å². The summed E-state index contributed by atoms with van der Waals surface area (Å²) in [7, 11) is 0. The highest BCUT2D eigenvalue weighted by molar-refractivity contribution is 5.94. The average Bonchev–Trinajstić information content (AvgIpc) is 2.76. The topological polar surface area (TPSA) is 70.6 Å². The molecule has 5 heteroatoms. The Bertz CT molecular complexity index is 1220. The maximum absolute atomic E-state index is 11.7. The zero-order valence-electron chi connectivity index (χ0n) is 18.9. The molecular formula is C27H28N2O3. The van der Waals surface area contributed by atoms with Gasteiger partial charge in [0.25, 0.3) is 0 Å². The van der Waals surface area contributed by atoms with Crippen molar-refractivity contribution in [1.29, 1.82) is 0 Å². The number of ether oxygens (including phenoxy) is 1. The van der Waals surface area contributed by atoms with Gasteiger partial charge in [-0.15, -0.1) is 0 Å². The molecule has 0 radical (unpaired) electrons. The number of aryl methyl sites for hydroxylation is 1. The highest BCUT2D eigenvalue weighted by atomic mass is 16.5. The van der Waals surface area contributed by atoms with Gasteiger partial charge in [0, 0.05) is 28.9 Å². The second kappa shape index (κ2) is 8.42. The summed E-state index contributed by atoms with van der Waals surface area (Å²) in [6.07, 6.45) is 4.12. The van der Waals surface area contributed by atoms with Gasteiger partial charge in [-0.3, -0.25) is 0 Å². The van der Waals surface area contributed by atoms with E-state index in [1.807, 2.05) is 40.0 Å². The molecule has 2 aromatic rings. The van der Waals surface area contributed by atoms with E-state index >= 15 is 0 Å². The molecule has 164 valence electrons. The number of nitrogens with one attached hydrogen (secondary N) is 2. The SMILES string of the molecule is C=C1C(C)=C(C2=CC(C)=CNC2)Oc2c1cc(C)cc2C(C)Nc1ccccc1C(=O)O. The predicted molar refractivity (Wildman–Crippen MR) is 129 cm³/mol. The van der Waals surface area contributed by atoms with Gasteiger partial charge in [-0.1, -0.05) is 24.8 Å². The lowest BCUT2D eigenvalue weighted by atomic mass is 9.89. The molecule has 0 saturated carbocycles. The Hall–Kier alpha value is -3.73. The van der Waals surface area contributed by atoms with Gasteiger partial charge in [-0.25, -0.2) is 4.79 Å². The Morgan fingerprint density at radius 1 is 1.22 bits per heavy atom. The minimum absolute atomic E-state index is 0.184. The van der Waals surface area contributed by atoms with Crippen LogP contribution in [0, 0.1) is 6.92 Å². The Labute approximate surface area is 188 Å². The van der Waals surface area contributed by atoms with Crippen molar-refractivity contribution in [3.8, 4) is 5.75 Å². The summed E-state index contributed by atoms with van der Waals surface area (Å²) in [5.41, 5.74) is 8.02. The normalized spacial score (nSPS) is 16.3. The molecule has 1 atom stereocenters. The van der Waals surface area contributed by atoms with E-state index in [-0.39, 0.29) is 11.6 Å². The fourth-order valence-electron chi connectivity index (χ4n) is 4.23. The molecule has 0 bridgehead atoms. The molecule has 0 spiro atoms. The van der Waals surface area contributed by atoms with Crippen molar-refractivity contribution in [3.63, 3.8) is 0 Å². The van der Waals surface area contributed by atoms with Crippen LogP contribution in [0.25, 0.3) is 5.57 Å². The Morgan fingerprint density at radius 2 is 1.97 bits per heavy atom. The second-order valence-corrected chi connectivity index (χ2v) is 8.42. The zero-order valence-corrected chi connectivity index (χ0v) is 18.9. The minimum Gasteiger partial charge on any atom is -0.478 e. The molecule has 1 unspecified atom stereocenters. The third kappa shape index (κ3) is 3.94. The van der Waals surface area contributed by atoms with Gasteiger partial charge >= 0.3 is 5.97 Å². The minimum atomic E-state index is -0.961. The number of carboxylic acids is 1. The van der Waals surface area contributed by atoms with Gasteiger partial charge in [-0.2, -0.15) is 0 Å². The monoisotopic (exact) mass is 428 g/mol. The maximum atomic E-state index is 11.7. The summed E-state index contributed by atoms with van der Waals surface area (Å²) < 4.78 is 6.55. The summed E-state index contributed by atoms with van der Waals surface area (Å²) in [5, 5.41) is 16.2. The highest BCUT2D eigenvalue weighted by Crippen LogP contribution is 2.44. The van der Waals surface area contributed by atoms with Crippen LogP contribution in [0.4, 0.5) is 5.69 Å². The number of rotatable bonds is 5. The number of fused-ring (bicyclic) bond motifs is 1. The van der Waals surface area contributed by atoms with Crippen LogP contribution in [0.2, 0.25) is 0 Å². The first-order chi connectivity index (χ1) is 15.3. The lowest BCUT2D eigenvalue weighted by molar-refractivity contribution is 0.0698. The number of para-hydroxylation sites is 1. The van der Waals surface area contributed by atoms with Crippen LogP contribution < -0.4 is 15.4 Å². The lowest BCUT2D eigenvalue weighted by Crippen LogP contribution is -2.22. The molecule has 3 N–H and O–H groups in total. The van der Waals surface area contributed by atoms with Crippen molar-refractivity contribution in [2.24, 2.45) is 0 Å². The van der Waals surface area contributed by atoms with E-state index in [0.717, 1.165) is 50.5 Å². The van der Waals surface area contributed by atoms with Crippen LogP contribution in [0.3, 0.4) is 0 Å². The number of anilines is 1. The molecule has 2 aliphatic rings. The van der Waals surface area contributed by atoms with Crippen molar-refractivity contribution in [2.75, 3.05) is 11.9 Å². The number of carboxylic acid groups (broad SMARTS) is 1. The van der Waals surface area contributed by atoms with Gasteiger partial charge in [0.1, 0.15) is 11.5 Å². The smallest absolute Gasteiger partial charge is 0.337 e. The first-order valence-corrected chi connectivity index (χ1v) is 10.7. The van der Waals surface area contributed by atoms with Crippen LogP contribution in [0.1, 0.15) is 53.9 Å². The van der Waals surface area contributed by atoms with E-state index in [4.69, 9.17) is 4.74 Å². The predicted octanol–water partition coefficient (Wildman–Crippen LogP) is 5.98. The summed E-state index contributed by atoms with van der Waals surface area (Å²) in [5.74, 6) is 0.630. The van der Waals surface area contributed by atoms with Gasteiger partial charge in [0.15, 0.2) is 0 Å². The Morgan fingerprint density at radius 3 is 2.69 bits per heavy atom. The van der Waals surface area contributed by atoms with E-state index < -0.39 is 5.97 Å². The molecule has 2 aliphatic heterocycles. The fourth-order valence-corrected chi connectivity index (χ4v) is 4.23. The molecule has 2 heterocycles. The van der Waals surface area contributed by atoms with Gasteiger partial charge < -0.3 is 20.5 Å². The van der Waals surface area contributed by atoms with Crippen molar-refractivity contribution >= 4 is 17.2 Å². The van der Waals surface area contributed by atoms with E-state index in [1.165, 1.54) is 0 Å². The van der Waals surface area contributed by atoms with E-state index in [2.05, 4.69) is 35.4 Å². The molecule has 0 saturated heterocycles. The van der Waals surface area contributed by atoms with Crippen LogP contribution >= 0.6 is 0 Å². The molecule has 32 heavy (non-hydrogen) atoms. The number of aromatic carboxylic acids is 1. The summed E-state index contributed by atoms with van der Waals surface area (Å²) in [6.45, 7) is 13.2. The number of dihydropyridines is 1. The molecule has 0 aliphatic carbocycles. The lowest BCUT2D eigenvalue weighted by Gasteiger charge is -2.30. The van der Waals surface area contributed by atoms with Crippen LogP contribution in [-0.4, -0.2) is 17.6 Å². The molecule has 4 rings (SSSR count). The van der Waals surface area contributed by atoms with Crippen molar-refractivity contribution in [2.45, 2.75) is 33.7 Å². The molecule has 0 amide bonds. The molecule has 0 aromatic heterocycles. The Kier molecular flexibility index (Phi) is 5.66. The number of allylic oxidation sites excluding steroid dienone is 4. The quantitative estimate of drug-likeness (QED) is 0.547. The van der Waals surface area contributed by atoms with Gasteiger partial charge in [-0.05, 0) is 80.5 Å². The Balaban J connectivity index is 1.75. The first-order valence-electron chi connectivity index (χ1n) is 10.7. The number of hydrogen-bond donors (Lipinski definition) is 3. The van der Waals surface area contributed by atoms with E-state index in [0.29, 0.717) is 12.2 Å². The molecule has 0 fully saturated rings. The number of carbonyl (C=O) groups is 1. The van der Waals surface area contributed by atoms with Crippen LogP contribution in [-0.2, 0) is 0 Å². The standard InChI is InChI=1S/C27H28N2O3/c1-15-11-22-17(3)18(4)25(20-10-16(2)13-28-14-20)32-26(22)23(12-15)19(5)29-24-9-7-6-8-21(24)27(30)31/h6-13,19,28-29H,3,14H2,1-2,4-5H3,(H,30,31). The maximum Gasteiger partial charge on any atom is 0.337 e. The van der Waals surface area contributed by atoms with Gasteiger partial charge in [0.2, 0.25) is 0 Å². The third-order valence-electron chi connectivity index (χ3n) is 5.90. The second-order valence-electron chi connectivity index (χ2n) is 8.42. The largest absolute Gasteiger partial charge is 0.478 e. The van der Waals surface area contributed by atoms with Crippen LogP contribution in [0.15, 0.2) is 77.7 Å².